The van der Waals surface area contributed by atoms with Crippen LogP contribution in [0.3, 0.4) is 0 Å². The minimum atomic E-state index is 0.0888. The van der Waals surface area contributed by atoms with Crippen LogP contribution in [0.1, 0.15) is 11.7 Å². The average molecular weight is 180 g/mol. The van der Waals surface area contributed by atoms with Crippen molar-refractivity contribution in [1.82, 2.24) is 21.9 Å². The molecule has 0 aliphatic carbocycles. The molecule has 0 radical (unpaired) electrons. The molecule has 0 saturated carbocycles. The molecule has 0 atom stereocenters. The molecule has 1 aliphatic heterocycles. The zero-order valence-electron chi connectivity index (χ0n) is 7.29. The van der Waals surface area contributed by atoms with Gasteiger partial charge in [0.15, 0.2) is 0 Å². The Labute approximate surface area is 76.4 Å². The summed E-state index contributed by atoms with van der Waals surface area (Å²) in [6, 6.07) is 7.85. The van der Waals surface area contributed by atoms with Crippen LogP contribution in [-0.2, 0) is 0 Å². The molecule has 5 heteroatoms. The first-order valence-corrected chi connectivity index (χ1v) is 4.05. The standard InChI is InChI=1S/C8H12N4O/c1-13-7-4-2-6(3-5-7)8-9-11-12-10-8/h2-5,8-12H,1H3. The van der Waals surface area contributed by atoms with Gasteiger partial charge in [-0.15, -0.1) is 0 Å². The summed E-state index contributed by atoms with van der Waals surface area (Å²) in [6.07, 6.45) is 0.0888. The van der Waals surface area contributed by atoms with Gasteiger partial charge < -0.3 is 4.74 Å². The van der Waals surface area contributed by atoms with Crippen molar-refractivity contribution in [2.24, 2.45) is 0 Å². The van der Waals surface area contributed by atoms with E-state index < -0.39 is 0 Å². The predicted molar refractivity (Wildman–Crippen MR) is 48.3 cm³/mol. The van der Waals surface area contributed by atoms with Gasteiger partial charge in [0.1, 0.15) is 11.9 Å². The quantitative estimate of drug-likeness (QED) is 0.508. The van der Waals surface area contributed by atoms with Gasteiger partial charge in [0.2, 0.25) is 0 Å². The second kappa shape index (κ2) is 3.71. The first-order chi connectivity index (χ1) is 6.40. The molecule has 1 aromatic rings. The highest BCUT2D eigenvalue weighted by molar-refractivity contribution is 5.28. The summed E-state index contributed by atoms with van der Waals surface area (Å²) >= 11 is 0. The third kappa shape index (κ3) is 1.78. The van der Waals surface area contributed by atoms with Crippen molar-refractivity contribution in [3.05, 3.63) is 29.8 Å². The van der Waals surface area contributed by atoms with Crippen molar-refractivity contribution >= 4 is 0 Å². The number of hydrazine groups is 3. The lowest BCUT2D eigenvalue weighted by atomic mass is 10.2. The summed E-state index contributed by atoms with van der Waals surface area (Å²) in [6.45, 7) is 0. The van der Waals surface area contributed by atoms with E-state index in [1.165, 1.54) is 0 Å². The monoisotopic (exact) mass is 180 g/mol. The van der Waals surface area contributed by atoms with Crippen LogP contribution in [0.2, 0.25) is 0 Å². The lowest BCUT2D eigenvalue weighted by molar-refractivity contribution is 0.414. The smallest absolute Gasteiger partial charge is 0.118 e. The van der Waals surface area contributed by atoms with E-state index in [0.717, 1.165) is 11.3 Å². The van der Waals surface area contributed by atoms with E-state index in [9.17, 15) is 0 Å². The number of nitrogens with one attached hydrogen (secondary N) is 4. The van der Waals surface area contributed by atoms with Crippen molar-refractivity contribution in [2.75, 3.05) is 7.11 Å². The van der Waals surface area contributed by atoms with Gasteiger partial charge in [0.05, 0.1) is 7.11 Å². The molecular weight excluding hydrogens is 168 g/mol. The number of rotatable bonds is 2. The van der Waals surface area contributed by atoms with Gasteiger partial charge in [-0.05, 0) is 17.7 Å². The van der Waals surface area contributed by atoms with Gasteiger partial charge in [-0.3, -0.25) is 0 Å². The molecule has 0 spiro atoms. The summed E-state index contributed by atoms with van der Waals surface area (Å²) in [7, 11) is 1.66. The van der Waals surface area contributed by atoms with Gasteiger partial charge in [-0.2, -0.15) is 11.1 Å². The fourth-order valence-corrected chi connectivity index (χ4v) is 1.22. The Balaban J connectivity index is 2.12. The third-order valence-corrected chi connectivity index (χ3v) is 1.94. The molecular formula is C8H12N4O. The Morgan fingerprint density at radius 2 is 1.69 bits per heavy atom. The first kappa shape index (κ1) is 8.46. The van der Waals surface area contributed by atoms with E-state index in [0.29, 0.717) is 0 Å². The van der Waals surface area contributed by atoms with Crippen molar-refractivity contribution in [1.29, 1.82) is 0 Å². The summed E-state index contributed by atoms with van der Waals surface area (Å²) in [4.78, 5) is 0. The highest BCUT2D eigenvalue weighted by Gasteiger charge is 2.13. The molecule has 0 amide bonds. The largest absolute Gasteiger partial charge is 0.497 e. The summed E-state index contributed by atoms with van der Waals surface area (Å²) in [5.41, 5.74) is 12.6. The molecule has 4 N–H and O–H groups in total. The molecule has 0 aromatic heterocycles. The summed E-state index contributed by atoms with van der Waals surface area (Å²) in [5, 5.41) is 0. The average Bonchev–Trinajstić information content (AvgIpc) is 2.71. The molecule has 1 fully saturated rings. The number of methoxy groups -OCH3 is 1. The highest BCUT2D eigenvalue weighted by atomic mass is 16.5. The van der Waals surface area contributed by atoms with Gasteiger partial charge in [-0.1, -0.05) is 12.1 Å². The second-order valence-electron chi connectivity index (χ2n) is 2.74. The van der Waals surface area contributed by atoms with Crippen molar-refractivity contribution in [3.8, 4) is 5.75 Å². The number of benzene rings is 1. The van der Waals surface area contributed by atoms with Crippen LogP contribution >= 0.6 is 0 Å². The van der Waals surface area contributed by atoms with Gasteiger partial charge in [0, 0.05) is 0 Å². The number of ether oxygens (including phenoxy) is 1. The molecule has 5 nitrogen and oxygen atoms in total. The van der Waals surface area contributed by atoms with Crippen LogP contribution in [0.25, 0.3) is 0 Å². The van der Waals surface area contributed by atoms with E-state index in [1.807, 2.05) is 24.3 Å². The maximum absolute atomic E-state index is 5.06. The van der Waals surface area contributed by atoms with Crippen molar-refractivity contribution in [2.45, 2.75) is 6.17 Å². The maximum atomic E-state index is 5.06. The molecule has 0 bridgehead atoms. The SMILES string of the molecule is COc1ccc(C2NNNN2)cc1. The molecule has 0 unspecified atom stereocenters. The minimum absolute atomic E-state index is 0.0888. The second-order valence-corrected chi connectivity index (χ2v) is 2.74. The molecule has 1 heterocycles. The normalized spacial score (nSPS) is 17.6. The highest BCUT2D eigenvalue weighted by Crippen LogP contribution is 2.15. The molecule has 70 valence electrons. The number of hydrogen-bond donors (Lipinski definition) is 4. The van der Waals surface area contributed by atoms with E-state index in [-0.39, 0.29) is 6.17 Å². The van der Waals surface area contributed by atoms with E-state index >= 15 is 0 Å². The zero-order chi connectivity index (χ0) is 9.10. The molecule has 1 aliphatic rings. The van der Waals surface area contributed by atoms with Crippen LogP contribution in [0.4, 0.5) is 0 Å². The van der Waals surface area contributed by atoms with Crippen LogP contribution < -0.4 is 26.7 Å². The van der Waals surface area contributed by atoms with E-state index in [1.54, 1.807) is 7.11 Å². The lowest BCUT2D eigenvalue weighted by Crippen LogP contribution is -2.33. The van der Waals surface area contributed by atoms with Gasteiger partial charge >= 0.3 is 0 Å². The Hall–Kier alpha value is -1.14. The predicted octanol–water partition coefficient (Wildman–Crippen LogP) is -0.189. The van der Waals surface area contributed by atoms with E-state index in [4.69, 9.17) is 4.74 Å². The summed E-state index contributed by atoms with van der Waals surface area (Å²) in [5.74, 6) is 0.864. The van der Waals surface area contributed by atoms with Gasteiger partial charge in [-0.25, -0.2) is 10.9 Å². The molecule has 13 heavy (non-hydrogen) atoms. The fourth-order valence-electron chi connectivity index (χ4n) is 1.22. The Morgan fingerprint density at radius 3 is 2.23 bits per heavy atom. The van der Waals surface area contributed by atoms with Crippen molar-refractivity contribution in [3.63, 3.8) is 0 Å². The Bertz CT molecular complexity index is 268. The number of hydrogen-bond acceptors (Lipinski definition) is 5. The fraction of sp³-hybridized carbons (Fsp3) is 0.250. The third-order valence-electron chi connectivity index (χ3n) is 1.94. The molecule has 2 rings (SSSR count). The Kier molecular flexibility index (Phi) is 2.42. The Morgan fingerprint density at radius 1 is 1.08 bits per heavy atom. The topological polar surface area (TPSA) is 57.4 Å². The first-order valence-electron chi connectivity index (χ1n) is 4.05. The minimum Gasteiger partial charge on any atom is -0.497 e. The van der Waals surface area contributed by atoms with Crippen LogP contribution in [0.15, 0.2) is 24.3 Å². The van der Waals surface area contributed by atoms with Crippen LogP contribution in [0.5, 0.6) is 5.75 Å². The van der Waals surface area contributed by atoms with E-state index in [2.05, 4.69) is 21.9 Å². The van der Waals surface area contributed by atoms with Gasteiger partial charge in [0.25, 0.3) is 0 Å². The molecule has 1 aromatic carbocycles. The van der Waals surface area contributed by atoms with Crippen LogP contribution in [-0.4, -0.2) is 7.11 Å². The summed E-state index contributed by atoms with van der Waals surface area (Å²) < 4.78 is 5.06. The molecule has 1 saturated heterocycles. The van der Waals surface area contributed by atoms with Crippen molar-refractivity contribution < 1.29 is 4.74 Å². The van der Waals surface area contributed by atoms with Crippen LogP contribution in [0, 0.1) is 0 Å². The zero-order valence-corrected chi connectivity index (χ0v) is 7.29. The lowest BCUT2D eigenvalue weighted by Gasteiger charge is -2.09. The maximum Gasteiger partial charge on any atom is 0.118 e.